The summed E-state index contributed by atoms with van der Waals surface area (Å²) < 4.78 is 11.5. The van der Waals surface area contributed by atoms with Crippen molar-refractivity contribution in [2.45, 2.75) is 68.7 Å². The first-order valence-electron chi connectivity index (χ1n) is 11.2. The molecule has 8 nitrogen and oxygen atoms in total. The Hall–Kier alpha value is -0.320. The molecule has 28 heavy (non-hydrogen) atoms. The number of aliphatic hydroxyl groups excluding tert-OH is 2. The van der Waals surface area contributed by atoms with Crippen molar-refractivity contribution in [1.29, 1.82) is 0 Å². The summed E-state index contributed by atoms with van der Waals surface area (Å²) >= 11 is 0. The lowest BCUT2D eigenvalue weighted by molar-refractivity contribution is -0.0231. The minimum absolute atomic E-state index is 0.0500. The average Bonchev–Trinajstić information content (AvgIpc) is 3.09. The molecular formula is C20H38N4O4. The SMILES string of the molecule is OCC1OC(CNC2CCOCC2)C(N2CCN(C3CCCCN3)CC2)C1O. The van der Waals surface area contributed by atoms with Crippen molar-refractivity contribution >= 4 is 0 Å². The Balaban J connectivity index is 1.32. The van der Waals surface area contributed by atoms with E-state index in [4.69, 9.17) is 9.47 Å². The highest BCUT2D eigenvalue weighted by molar-refractivity contribution is 4.99. The molecule has 162 valence electrons. The van der Waals surface area contributed by atoms with Crippen LogP contribution in [-0.4, -0.2) is 116 Å². The summed E-state index contributed by atoms with van der Waals surface area (Å²) in [6, 6.07) is 0.406. The van der Waals surface area contributed by atoms with Crippen LogP contribution in [0.3, 0.4) is 0 Å². The molecule has 0 radical (unpaired) electrons. The van der Waals surface area contributed by atoms with Crippen LogP contribution >= 0.6 is 0 Å². The first kappa shape index (κ1) is 20.9. The van der Waals surface area contributed by atoms with Gasteiger partial charge in [0.05, 0.1) is 24.9 Å². The highest BCUT2D eigenvalue weighted by Crippen LogP contribution is 2.27. The largest absolute Gasteiger partial charge is 0.394 e. The van der Waals surface area contributed by atoms with Crippen LogP contribution in [0, 0.1) is 0 Å². The lowest BCUT2D eigenvalue weighted by Gasteiger charge is -2.44. The van der Waals surface area contributed by atoms with Crippen molar-refractivity contribution in [2.75, 3.05) is 59.1 Å². The van der Waals surface area contributed by atoms with Crippen LogP contribution in [-0.2, 0) is 9.47 Å². The highest BCUT2D eigenvalue weighted by atomic mass is 16.5. The number of piperidine rings is 1. The number of nitrogens with one attached hydrogen (secondary N) is 2. The summed E-state index contributed by atoms with van der Waals surface area (Å²) in [7, 11) is 0. The molecule has 0 aromatic rings. The highest BCUT2D eigenvalue weighted by Gasteiger charge is 2.47. The Labute approximate surface area is 168 Å². The van der Waals surface area contributed by atoms with E-state index >= 15 is 0 Å². The molecular weight excluding hydrogens is 360 g/mol. The maximum Gasteiger partial charge on any atom is 0.109 e. The maximum atomic E-state index is 10.8. The van der Waals surface area contributed by atoms with Crippen LogP contribution in [0.2, 0.25) is 0 Å². The van der Waals surface area contributed by atoms with Gasteiger partial charge in [-0.3, -0.25) is 9.80 Å². The van der Waals surface area contributed by atoms with E-state index in [0.29, 0.717) is 18.8 Å². The van der Waals surface area contributed by atoms with Crippen molar-refractivity contribution in [3.8, 4) is 0 Å². The third kappa shape index (κ3) is 4.87. The molecule has 4 fully saturated rings. The molecule has 4 N–H and O–H groups in total. The fourth-order valence-corrected chi connectivity index (χ4v) is 5.27. The number of nitrogens with zero attached hydrogens (tertiary/aromatic N) is 2. The molecule has 4 aliphatic heterocycles. The van der Waals surface area contributed by atoms with E-state index in [2.05, 4.69) is 20.4 Å². The van der Waals surface area contributed by atoms with Gasteiger partial charge < -0.3 is 30.3 Å². The molecule has 0 aromatic carbocycles. The summed E-state index contributed by atoms with van der Waals surface area (Å²) in [5.74, 6) is 0. The third-order valence-corrected chi connectivity index (χ3v) is 6.97. The molecule has 0 amide bonds. The molecule has 0 aliphatic carbocycles. The minimum Gasteiger partial charge on any atom is -0.394 e. The van der Waals surface area contributed by atoms with Gasteiger partial charge in [0.2, 0.25) is 0 Å². The Morgan fingerprint density at radius 3 is 2.39 bits per heavy atom. The molecule has 4 aliphatic rings. The normalized spacial score (nSPS) is 39.4. The Kier molecular flexibility index (Phi) is 7.57. The van der Waals surface area contributed by atoms with Gasteiger partial charge in [0.1, 0.15) is 12.2 Å². The fourth-order valence-electron chi connectivity index (χ4n) is 5.27. The Bertz CT molecular complexity index is 465. The third-order valence-electron chi connectivity index (χ3n) is 6.97. The molecule has 4 saturated heterocycles. The van der Waals surface area contributed by atoms with E-state index in [1.54, 1.807) is 0 Å². The molecule has 0 saturated carbocycles. The number of piperazine rings is 1. The first-order chi connectivity index (χ1) is 13.8. The van der Waals surface area contributed by atoms with E-state index in [9.17, 15) is 10.2 Å². The molecule has 5 unspecified atom stereocenters. The predicted molar refractivity (Wildman–Crippen MR) is 106 cm³/mol. The molecule has 4 rings (SSSR count). The van der Waals surface area contributed by atoms with E-state index < -0.39 is 12.2 Å². The Morgan fingerprint density at radius 2 is 1.71 bits per heavy atom. The van der Waals surface area contributed by atoms with Gasteiger partial charge in [0, 0.05) is 52.0 Å². The van der Waals surface area contributed by atoms with Gasteiger partial charge in [0.15, 0.2) is 0 Å². The van der Waals surface area contributed by atoms with Crippen LogP contribution in [0.25, 0.3) is 0 Å². The molecule has 5 atom stereocenters. The van der Waals surface area contributed by atoms with Crippen LogP contribution < -0.4 is 10.6 Å². The van der Waals surface area contributed by atoms with Crippen molar-refractivity contribution < 1.29 is 19.7 Å². The van der Waals surface area contributed by atoms with E-state index in [1.165, 1.54) is 19.3 Å². The molecule has 8 heteroatoms. The van der Waals surface area contributed by atoms with Crippen LogP contribution in [0.4, 0.5) is 0 Å². The van der Waals surface area contributed by atoms with E-state index in [0.717, 1.165) is 58.8 Å². The van der Waals surface area contributed by atoms with Gasteiger partial charge in [-0.1, -0.05) is 0 Å². The smallest absolute Gasteiger partial charge is 0.109 e. The fraction of sp³-hybridized carbons (Fsp3) is 1.00. The van der Waals surface area contributed by atoms with Gasteiger partial charge in [-0.25, -0.2) is 0 Å². The number of rotatable bonds is 6. The molecule has 0 bridgehead atoms. The zero-order valence-electron chi connectivity index (χ0n) is 17.0. The monoisotopic (exact) mass is 398 g/mol. The van der Waals surface area contributed by atoms with Gasteiger partial charge in [-0.15, -0.1) is 0 Å². The van der Waals surface area contributed by atoms with Gasteiger partial charge in [0.25, 0.3) is 0 Å². The average molecular weight is 399 g/mol. The minimum atomic E-state index is -0.633. The Morgan fingerprint density at radius 1 is 0.964 bits per heavy atom. The summed E-state index contributed by atoms with van der Waals surface area (Å²) in [4.78, 5) is 4.94. The standard InChI is InChI=1S/C20H38N4O4/c25-14-17-20(26)19(16(28-17)13-22-15-4-11-27-12-5-15)24-9-7-23(8-10-24)18-3-1-2-6-21-18/h15-22,25-26H,1-14H2. The predicted octanol–water partition coefficient (Wildman–Crippen LogP) is -1.04. The zero-order chi connectivity index (χ0) is 19.3. The van der Waals surface area contributed by atoms with E-state index in [1.807, 2.05) is 0 Å². The number of ether oxygens (including phenoxy) is 2. The summed E-state index contributed by atoms with van der Waals surface area (Å²) in [6.45, 7) is 7.25. The molecule has 4 heterocycles. The first-order valence-corrected chi connectivity index (χ1v) is 11.2. The molecule has 0 aromatic heterocycles. The van der Waals surface area contributed by atoms with E-state index in [-0.39, 0.29) is 18.8 Å². The van der Waals surface area contributed by atoms with Crippen molar-refractivity contribution in [1.82, 2.24) is 20.4 Å². The lowest BCUT2D eigenvalue weighted by atomic mass is 10.0. The van der Waals surface area contributed by atoms with Crippen LogP contribution in [0.1, 0.15) is 32.1 Å². The van der Waals surface area contributed by atoms with Crippen molar-refractivity contribution in [3.63, 3.8) is 0 Å². The second-order valence-corrected chi connectivity index (χ2v) is 8.71. The van der Waals surface area contributed by atoms with Crippen molar-refractivity contribution in [3.05, 3.63) is 0 Å². The molecule has 0 spiro atoms. The van der Waals surface area contributed by atoms with Crippen molar-refractivity contribution in [2.24, 2.45) is 0 Å². The summed E-state index contributed by atoms with van der Waals surface area (Å²) in [6.07, 6.45) is 5.19. The van der Waals surface area contributed by atoms with Gasteiger partial charge >= 0.3 is 0 Å². The number of hydrogen-bond donors (Lipinski definition) is 4. The number of hydrogen-bond acceptors (Lipinski definition) is 8. The zero-order valence-corrected chi connectivity index (χ0v) is 17.0. The maximum absolute atomic E-state index is 10.8. The van der Waals surface area contributed by atoms with Crippen LogP contribution in [0.5, 0.6) is 0 Å². The summed E-state index contributed by atoms with van der Waals surface area (Å²) in [5, 5.41) is 27.7. The number of aliphatic hydroxyl groups is 2. The lowest BCUT2D eigenvalue weighted by Crippen LogP contribution is -2.61. The van der Waals surface area contributed by atoms with Crippen LogP contribution in [0.15, 0.2) is 0 Å². The topological polar surface area (TPSA) is 89.5 Å². The van der Waals surface area contributed by atoms with Gasteiger partial charge in [-0.05, 0) is 38.6 Å². The second kappa shape index (κ2) is 10.1. The quantitative estimate of drug-likeness (QED) is 0.451. The summed E-state index contributed by atoms with van der Waals surface area (Å²) in [5.41, 5.74) is 0. The second-order valence-electron chi connectivity index (χ2n) is 8.71. The van der Waals surface area contributed by atoms with Gasteiger partial charge in [-0.2, -0.15) is 0 Å².